The van der Waals surface area contributed by atoms with E-state index in [4.69, 9.17) is 23.2 Å². The van der Waals surface area contributed by atoms with Crippen LogP contribution in [0.4, 0.5) is 0 Å². The maximum absolute atomic E-state index is 6.19. The Hall–Kier alpha value is -3.20. The lowest BCUT2D eigenvalue weighted by Gasteiger charge is -2.00. The zero-order valence-electron chi connectivity index (χ0n) is 15.7. The van der Waals surface area contributed by atoms with Crippen LogP contribution in [0.3, 0.4) is 0 Å². The van der Waals surface area contributed by atoms with Gasteiger partial charge in [-0.2, -0.15) is 0 Å². The number of aromatic nitrogens is 2. The number of hydrogen-bond acceptors (Lipinski definition) is 0. The molecular formula is C26H14Cl2N2. The van der Waals surface area contributed by atoms with Gasteiger partial charge in [-0.1, -0.05) is 59.6 Å². The van der Waals surface area contributed by atoms with Gasteiger partial charge in [0.25, 0.3) is 0 Å². The summed E-state index contributed by atoms with van der Waals surface area (Å²) in [5.41, 5.74) is 4.57. The Morgan fingerprint density at radius 1 is 0.433 bits per heavy atom. The average molecular weight is 425 g/mol. The fourth-order valence-corrected chi connectivity index (χ4v) is 5.20. The average Bonchev–Trinajstić information content (AvgIpc) is 3.29. The molecule has 2 nitrogen and oxygen atoms in total. The number of fused-ring (bicyclic) bond motifs is 10. The number of nitrogens with one attached hydrogen (secondary N) is 2. The van der Waals surface area contributed by atoms with Crippen molar-refractivity contribution < 1.29 is 0 Å². The van der Waals surface area contributed by atoms with Gasteiger partial charge in [-0.15, -0.1) is 0 Å². The summed E-state index contributed by atoms with van der Waals surface area (Å²) in [6.45, 7) is 0. The smallest absolute Gasteiger partial charge is 0.0544 e. The predicted molar refractivity (Wildman–Crippen MR) is 130 cm³/mol. The number of H-pyrrole nitrogens is 2. The molecule has 7 aromatic rings. The third-order valence-corrected chi connectivity index (χ3v) is 6.69. The van der Waals surface area contributed by atoms with Crippen molar-refractivity contribution in [2.45, 2.75) is 0 Å². The van der Waals surface area contributed by atoms with Crippen molar-refractivity contribution in [3.05, 3.63) is 82.8 Å². The van der Waals surface area contributed by atoms with Crippen molar-refractivity contribution in [1.82, 2.24) is 9.97 Å². The van der Waals surface area contributed by atoms with E-state index in [0.29, 0.717) is 0 Å². The van der Waals surface area contributed by atoms with E-state index in [-0.39, 0.29) is 0 Å². The van der Waals surface area contributed by atoms with Crippen LogP contribution in [-0.4, -0.2) is 9.97 Å². The normalized spacial score (nSPS) is 12.3. The van der Waals surface area contributed by atoms with Gasteiger partial charge in [-0.3, -0.25) is 0 Å². The summed E-state index contributed by atoms with van der Waals surface area (Å²) < 4.78 is 0. The summed E-state index contributed by atoms with van der Waals surface area (Å²) >= 11 is 12.4. The van der Waals surface area contributed by atoms with E-state index in [9.17, 15) is 0 Å². The second-order valence-corrected chi connectivity index (χ2v) is 8.77. The maximum atomic E-state index is 6.19. The number of halogens is 2. The first kappa shape index (κ1) is 16.6. The molecule has 0 aliphatic rings. The Morgan fingerprint density at radius 2 is 0.867 bits per heavy atom. The lowest BCUT2D eigenvalue weighted by molar-refractivity contribution is 1.56. The quantitative estimate of drug-likeness (QED) is 0.244. The molecule has 2 aromatic heterocycles. The van der Waals surface area contributed by atoms with Gasteiger partial charge < -0.3 is 9.97 Å². The van der Waals surface area contributed by atoms with Gasteiger partial charge in [0.15, 0.2) is 0 Å². The monoisotopic (exact) mass is 424 g/mol. The summed E-state index contributed by atoms with van der Waals surface area (Å²) in [7, 11) is 0. The third-order valence-electron chi connectivity index (χ3n) is 6.22. The highest BCUT2D eigenvalue weighted by Gasteiger charge is 2.13. The number of rotatable bonds is 0. The third kappa shape index (κ3) is 2.15. The highest BCUT2D eigenvalue weighted by molar-refractivity contribution is 6.32. The molecule has 0 saturated carbocycles. The Bertz CT molecular complexity index is 1690. The molecule has 30 heavy (non-hydrogen) atoms. The molecule has 142 valence electrons. The van der Waals surface area contributed by atoms with Crippen LogP contribution in [0.5, 0.6) is 0 Å². The molecule has 0 fully saturated rings. The van der Waals surface area contributed by atoms with Crippen LogP contribution in [0.2, 0.25) is 10.0 Å². The molecule has 2 heterocycles. The highest BCUT2D eigenvalue weighted by Crippen LogP contribution is 2.38. The van der Waals surface area contributed by atoms with Gasteiger partial charge in [0.1, 0.15) is 0 Å². The van der Waals surface area contributed by atoms with E-state index in [2.05, 4.69) is 58.5 Å². The topological polar surface area (TPSA) is 31.6 Å². The molecule has 2 N–H and O–H groups in total. The molecular weight excluding hydrogens is 411 g/mol. The molecule has 0 radical (unpaired) electrons. The summed E-state index contributed by atoms with van der Waals surface area (Å²) in [5.74, 6) is 0. The Balaban J connectivity index is 1.60. The Kier molecular flexibility index (Phi) is 3.15. The van der Waals surface area contributed by atoms with Crippen LogP contribution >= 0.6 is 23.2 Å². The predicted octanol–water partition coefficient (Wildman–Crippen LogP) is 8.57. The lowest BCUT2D eigenvalue weighted by atomic mass is 10.0. The van der Waals surface area contributed by atoms with Crippen LogP contribution in [0.1, 0.15) is 0 Å². The van der Waals surface area contributed by atoms with Gasteiger partial charge in [-0.25, -0.2) is 0 Å². The van der Waals surface area contributed by atoms with Gasteiger partial charge in [0.2, 0.25) is 0 Å². The summed E-state index contributed by atoms with van der Waals surface area (Å²) in [6.07, 6.45) is 0. The molecule has 7 rings (SSSR count). The number of benzene rings is 5. The van der Waals surface area contributed by atoms with E-state index in [1.54, 1.807) is 0 Å². The van der Waals surface area contributed by atoms with E-state index in [1.165, 1.54) is 32.3 Å². The number of aromatic amines is 2. The Morgan fingerprint density at radius 3 is 1.33 bits per heavy atom. The first-order valence-corrected chi connectivity index (χ1v) is 10.6. The van der Waals surface area contributed by atoms with Crippen molar-refractivity contribution in [3.8, 4) is 0 Å². The van der Waals surface area contributed by atoms with Crippen molar-refractivity contribution in [1.29, 1.82) is 0 Å². The molecule has 0 aliphatic carbocycles. The minimum absolute atomic E-state index is 0.756. The highest BCUT2D eigenvalue weighted by atomic mass is 35.5. The molecule has 0 saturated heterocycles. The van der Waals surface area contributed by atoms with Gasteiger partial charge in [0, 0.05) is 53.4 Å². The number of hydrogen-bond donors (Lipinski definition) is 2. The molecule has 0 amide bonds. The summed E-state index contributed by atoms with van der Waals surface area (Å²) in [5, 5.41) is 11.0. The van der Waals surface area contributed by atoms with Gasteiger partial charge in [0.05, 0.1) is 11.0 Å². The van der Waals surface area contributed by atoms with Crippen LogP contribution < -0.4 is 0 Å². The van der Waals surface area contributed by atoms with Crippen molar-refractivity contribution in [3.63, 3.8) is 0 Å². The standard InChI is InChI=1S/C26H14Cl2N2/c27-15-3-7-17-13(9-15)1-5-19-21-11-24-22(12-23(21)29-25(17)19)20-6-2-14-10-16(28)4-8-18(14)26(20)30-24/h1-12,29-30H. The summed E-state index contributed by atoms with van der Waals surface area (Å²) in [6, 6.07) is 25.3. The fraction of sp³-hybridized carbons (Fsp3) is 0. The first-order chi connectivity index (χ1) is 14.7. The fourth-order valence-electron chi connectivity index (χ4n) is 4.84. The van der Waals surface area contributed by atoms with E-state index in [1.807, 2.05) is 24.3 Å². The van der Waals surface area contributed by atoms with Gasteiger partial charge in [-0.05, 0) is 47.2 Å². The minimum atomic E-state index is 0.756. The van der Waals surface area contributed by atoms with E-state index in [0.717, 1.165) is 42.9 Å². The van der Waals surface area contributed by atoms with Crippen molar-refractivity contribution >= 4 is 88.4 Å². The molecule has 0 bridgehead atoms. The maximum Gasteiger partial charge on any atom is 0.0544 e. The largest absolute Gasteiger partial charge is 0.354 e. The lowest BCUT2D eigenvalue weighted by Crippen LogP contribution is -1.76. The SMILES string of the molecule is Clc1ccc2c(ccc3c4cc5[nH]c6c7ccc(Cl)cc7ccc6c5cc4[nH]c23)c1. The minimum Gasteiger partial charge on any atom is -0.354 e. The van der Waals surface area contributed by atoms with Crippen molar-refractivity contribution in [2.75, 3.05) is 0 Å². The van der Waals surface area contributed by atoms with Crippen LogP contribution in [0.15, 0.2) is 72.8 Å². The second kappa shape index (κ2) is 5.69. The van der Waals surface area contributed by atoms with E-state index < -0.39 is 0 Å². The molecule has 0 spiro atoms. The molecule has 0 atom stereocenters. The first-order valence-electron chi connectivity index (χ1n) is 9.83. The summed E-state index contributed by atoms with van der Waals surface area (Å²) in [4.78, 5) is 7.31. The zero-order valence-corrected chi connectivity index (χ0v) is 17.2. The Labute approximate surface area is 181 Å². The second-order valence-electron chi connectivity index (χ2n) is 7.90. The van der Waals surface area contributed by atoms with Crippen LogP contribution in [0, 0.1) is 0 Å². The molecule has 4 heteroatoms. The van der Waals surface area contributed by atoms with Crippen LogP contribution in [0.25, 0.3) is 65.2 Å². The van der Waals surface area contributed by atoms with Crippen molar-refractivity contribution in [2.24, 2.45) is 0 Å². The van der Waals surface area contributed by atoms with E-state index >= 15 is 0 Å². The van der Waals surface area contributed by atoms with Gasteiger partial charge >= 0.3 is 0 Å². The molecule has 0 aliphatic heterocycles. The zero-order chi connectivity index (χ0) is 20.0. The molecule has 5 aromatic carbocycles. The molecule has 0 unspecified atom stereocenters. The van der Waals surface area contributed by atoms with Crippen LogP contribution in [-0.2, 0) is 0 Å².